The molecule has 1 aromatic heterocycles. The number of nitrogens with zero attached hydrogens (tertiary/aromatic N) is 1. The first-order chi connectivity index (χ1) is 6.79. The SMILES string of the molecule is CC(C)(C)OC(=O)c1nc(Br)c[nH]c1=O. The first kappa shape index (κ1) is 11.9. The number of ether oxygens (including phenoxy) is 1. The lowest BCUT2D eigenvalue weighted by atomic mass is 10.2. The Hall–Kier alpha value is -1.17. The van der Waals surface area contributed by atoms with E-state index >= 15 is 0 Å². The summed E-state index contributed by atoms with van der Waals surface area (Å²) in [6, 6.07) is 0. The molecule has 0 aromatic carbocycles. The Morgan fingerprint density at radius 3 is 2.67 bits per heavy atom. The highest BCUT2D eigenvalue weighted by molar-refractivity contribution is 9.10. The standard InChI is InChI=1S/C9H11BrN2O3/c1-9(2,3)15-8(14)6-7(13)11-4-5(10)12-6/h4H,1-3H3,(H,11,13). The summed E-state index contributed by atoms with van der Waals surface area (Å²) in [6.45, 7) is 5.16. The zero-order chi connectivity index (χ0) is 11.6. The second-order valence-electron chi connectivity index (χ2n) is 3.90. The maximum atomic E-state index is 11.5. The van der Waals surface area contributed by atoms with Crippen LogP contribution in [0.4, 0.5) is 0 Å². The van der Waals surface area contributed by atoms with Crippen molar-refractivity contribution >= 4 is 21.9 Å². The molecular weight excluding hydrogens is 264 g/mol. The van der Waals surface area contributed by atoms with Crippen LogP contribution in [-0.4, -0.2) is 21.5 Å². The summed E-state index contributed by atoms with van der Waals surface area (Å²) in [5, 5.41) is 0. The van der Waals surface area contributed by atoms with Gasteiger partial charge in [-0.2, -0.15) is 0 Å². The van der Waals surface area contributed by atoms with Crippen molar-refractivity contribution in [2.75, 3.05) is 0 Å². The molecule has 0 saturated heterocycles. The molecule has 0 bridgehead atoms. The summed E-state index contributed by atoms with van der Waals surface area (Å²) >= 11 is 3.06. The monoisotopic (exact) mass is 274 g/mol. The van der Waals surface area contributed by atoms with Crippen molar-refractivity contribution in [3.8, 4) is 0 Å². The highest BCUT2D eigenvalue weighted by atomic mass is 79.9. The van der Waals surface area contributed by atoms with Gasteiger partial charge in [0.2, 0.25) is 5.69 Å². The van der Waals surface area contributed by atoms with E-state index in [0.29, 0.717) is 4.60 Å². The van der Waals surface area contributed by atoms with E-state index in [1.54, 1.807) is 20.8 Å². The fourth-order valence-electron chi connectivity index (χ4n) is 0.848. The molecular formula is C9H11BrN2O3. The molecule has 1 N–H and O–H groups in total. The molecule has 1 rings (SSSR count). The minimum atomic E-state index is -0.731. The van der Waals surface area contributed by atoms with Crippen LogP contribution in [0.25, 0.3) is 0 Å². The summed E-state index contributed by atoms with van der Waals surface area (Å²) in [4.78, 5) is 28.9. The van der Waals surface area contributed by atoms with E-state index in [1.807, 2.05) is 0 Å². The molecule has 0 saturated carbocycles. The quantitative estimate of drug-likeness (QED) is 0.788. The van der Waals surface area contributed by atoms with Gasteiger partial charge in [0.1, 0.15) is 10.2 Å². The van der Waals surface area contributed by atoms with E-state index in [1.165, 1.54) is 6.20 Å². The Morgan fingerprint density at radius 1 is 1.53 bits per heavy atom. The van der Waals surface area contributed by atoms with Crippen LogP contribution in [-0.2, 0) is 4.74 Å². The zero-order valence-corrected chi connectivity index (χ0v) is 10.2. The minimum Gasteiger partial charge on any atom is -0.455 e. The van der Waals surface area contributed by atoms with Crippen LogP contribution in [0, 0.1) is 0 Å². The van der Waals surface area contributed by atoms with Crippen molar-refractivity contribution in [3.63, 3.8) is 0 Å². The van der Waals surface area contributed by atoms with Gasteiger partial charge in [-0.1, -0.05) is 0 Å². The number of halogens is 1. The van der Waals surface area contributed by atoms with Crippen molar-refractivity contribution in [1.82, 2.24) is 9.97 Å². The number of esters is 1. The van der Waals surface area contributed by atoms with Crippen LogP contribution in [0.15, 0.2) is 15.6 Å². The Morgan fingerprint density at radius 2 is 2.13 bits per heavy atom. The second kappa shape index (κ2) is 4.14. The normalized spacial score (nSPS) is 11.2. The number of nitrogens with one attached hydrogen (secondary N) is 1. The fourth-order valence-corrected chi connectivity index (χ4v) is 1.14. The number of hydrogen-bond acceptors (Lipinski definition) is 4. The molecule has 0 aliphatic carbocycles. The van der Waals surface area contributed by atoms with Gasteiger partial charge in [-0.15, -0.1) is 0 Å². The van der Waals surface area contributed by atoms with E-state index in [2.05, 4.69) is 25.9 Å². The maximum absolute atomic E-state index is 11.5. The van der Waals surface area contributed by atoms with Crippen LogP contribution in [0.2, 0.25) is 0 Å². The summed E-state index contributed by atoms with van der Waals surface area (Å²) in [7, 11) is 0. The van der Waals surface area contributed by atoms with E-state index in [-0.39, 0.29) is 5.69 Å². The number of aromatic nitrogens is 2. The first-order valence-electron chi connectivity index (χ1n) is 4.28. The van der Waals surface area contributed by atoms with Crippen molar-refractivity contribution in [3.05, 3.63) is 26.8 Å². The van der Waals surface area contributed by atoms with Gasteiger partial charge in [-0.25, -0.2) is 9.78 Å². The number of rotatable bonds is 1. The maximum Gasteiger partial charge on any atom is 0.363 e. The molecule has 0 atom stereocenters. The highest BCUT2D eigenvalue weighted by Gasteiger charge is 2.21. The predicted molar refractivity (Wildman–Crippen MR) is 57.7 cm³/mol. The van der Waals surface area contributed by atoms with E-state index < -0.39 is 17.1 Å². The van der Waals surface area contributed by atoms with E-state index in [4.69, 9.17) is 4.74 Å². The van der Waals surface area contributed by atoms with Gasteiger partial charge >= 0.3 is 5.97 Å². The average Bonchev–Trinajstić information content (AvgIpc) is 2.06. The minimum absolute atomic E-state index is 0.251. The lowest BCUT2D eigenvalue weighted by molar-refractivity contribution is 0.00604. The molecule has 0 aliphatic rings. The highest BCUT2D eigenvalue weighted by Crippen LogP contribution is 2.10. The lowest BCUT2D eigenvalue weighted by Gasteiger charge is -2.18. The molecule has 0 unspecified atom stereocenters. The van der Waals surface area contributed by atoms with Crippen LogP contribution in [0.3, 0.4) is 0 Å². The van der Waals surface area contributed by atoms with Crippen LogP contribution < -0.4 is 5.56 Å². The van der Waals surface area contributed by atoms with Crippen LogP contribution in [0.5, 0.6) is 0 Å². The van der Waals surface area contributed by atoms with Gasteiger partial charge < -0.3 is 9.72 Å². The number of H-pyrrole nitrogens is 1. The second-order valence-corrected chi connectivity index (χ2v) is 4.72. The van der Waals surface area contributed by atoms with Crippen molar-refractivity contribution in [2.45, 2.75) is 26.4 Å². The fraction of sp³-hybridized carbons (Fsp3) is 0.444. The van der Waals surface area contributed by atoms with Crippen LogP contribution in [0.1, 0.15) is 31.3 Å². The largest absolute Gasteiger partial charge is 0.455 e. The average molecular weight is 275 g/mol. The third kappa shape index (κ3) is 3.47. The van der Waals surface area contributed by atoms with Gasteiger partial charge in [0.25, 0.3) is 5.56 Å². The number of aromatic amines is 1. The summed E-state index contributed by atoms with van der Waals surface area (Å²) < 4.78 is 5.40. The third-order valence-corrected chi connectivity index (χ3v) is 1.75. The topological polar surface area (TPSA) is 72.0 Å². The van der Waals surface area contributed by atoms with E-state index in [0.717, 1.165) is 0 Å². The Labute approximate surface area is 95.0 Å². The number of hydrogen-bond donors (Lipinski definition) is 1. The summed E-state index contributed by atoms with van der Waals surface area (Å²) in [5.41, 5.74) is -1.46. The number of carbonyl (C=O) groups is 1. The molecule has 0 fully saturated rings. The number of carbonyl (C=O) groups excluding carboxylic acids is 1. The molecule has 82 valence electrons. The third-order valence-electron chi connectivity index (χ3n) is 1.35. The Balaban J connectivity index is 3.02. The van der Waals surface area contributed by atoms with Gasteiger partial charge in [-0.3, -0.25) is 4.79 Å². The zero-order valence-electron chi connectivity index (χ0n) is 8.63. The molecule has 0 radical (unpaired) electrons. The molecule has 5 nitrogen and oxygen atoms in total. The molecule has 0 amide bonds. The van der Waals surface area contributed by atoms with Crippen molar-refractivity contribution in [2.24, 2.45) is 0 Å². The van der Waals surface area contributed by atoms with Gasteiger partial charge in [0, 0.05) is 6.20 Å². The predicted octanol–water partition coefficient (Wildman–Crippen LogP) is 1.49. The Kier molecular flexibility index (Phi) is 3.28. The van der Waals surface area contributed by atoms with Crippen molar-refractivity contribution in [1.29, 1.82) is 0 Å². The van der Waals surface area contributed by atoms with Crippen molar-refractivity contribution < 1.29 is 9.53 Å². The smallest absolute Gasteiger partial charge is 0.363 e. The van der Waals surface area contributed by atoms with Gasteiger partial charge in [0.05, 0.1) is 0 Å². The molecule has 1 aromatic rings. The molecule has 15 heavy (non-hydrogen) atoms. The van der Waals surface area contributed by atoms with Gasteiger partial charge in [-0.05, 0) is 36.7 Å². The lowest BCUT2D eigenvalue weighted by Crippen LogP contribution is -2.29. The molecule has 1 heterocycles. The molecule has 0 aliphatic heterocycles. The van der Waals surface area contributed by atoms with Crippen LogP contribution >= 0.6 is 15.9 Å². The summed E-state index contributed by atoms with van der Waals surface area (Å²) in [5.74, 6) is -0.731. The first-order valence-corrected chi connectivity index (χ1v) is 5.07. The Bertz CT molecular complexity index is 434. The molecule has 0 spiro atoms. The summed E-state index contributed by atoms with van der Waals surface area (Å²) in [6.07, 6.45) is 1.36. The van der Waals surface area contributed by atoms with Gasteiger partial charge in [0.15, 0.2) is 0 Å². The molecule has 6 heteroatoms. The van der Waals surface area contributed by atoms with E-state index in [9.17, 15) is 9.59 Å².